The second kappa shape index (κ2) is 9.02. The zero-order chi connectivity index (χ0) is 19.5. The van der Waals surface area contributed by atoms with Crippen LogP contribution >= 0.6 is 23.7 Å². The summed E-state index contributed by atoms with van der Waals surface area (Å²) in [6.45, 7) is 4.57. The normalized spacial score (nSPS) is 10.6. The molecule has 0 unspecified atom stereocenters. The molecule has 3 aromatic heterocycles. The van der Waals surface area contributed by atoms with Gasteiger partial charge in [-0.15, -0.1) is 23.7 Å². The number of H-pyrrole nitrogens is 1. The molecular formula is C20H21ClN6OS. The number of thiazole rings is 1. The Labute approximate surface area is 178 Å². The van der Waals surface area contributed by atoms with E-state index in [0.717, 1.165) is 33.2 Å². The monoisotopic (exact) mass is 428 g/mol. The molecule has 1 aromatic carbocycles. The highest BCUT2D eigenvalue weighted by atomic mass is 35.5. The summed E-state index contributed by atoms with van der Waals surface area (Å²) in [5.74, 6) is 0.647. The first-order valence-electron chi connectivity index (χ1n) is 8.92. The van der Waals surface area contributed by atoms with Crippen LogP contribution in [0.15, 0.2) is 48.1 Å². The molecule has 0 aliphatic rings. The first-order valence-corrected chi connectivity index (χ1v) is 9.80. The largest absolute Gasteiger partial charge is 0.352 e. The Morgan fingerprint density at radius 3 is 2.76 bits per heavy atom. The van der Waals surface area contributed by atoms with Gasteiger partial charge in [-0.25, -0.2) is 10.1 Å². The molecular weight excluding hydrogens is 408 g/mol. The van der Waals surface area contributed by atoms with E-state index in [-0.39, 0.29) is 24.7 Å². The van der Waals surface area contributed by atoms with Gasteiger partial charge in [0.05, 0.1) is 12.1 Å². The van der Waals surface area contributed by atoms with Gasteiger partial charge in [-0.3, -0.25) is 9.36 Å². The van der Waals surface area contributed by atoms with E-state index in [1.54, 1.807) is 0 Å². The molecule has 4 rings (SSSR count). The molecule has 0 radical (unpaired) electrons. The second-order valence-corrected chi connectivity index (χ2v) is 7.44. The molecule has 0 fully saturated rings. The molecule has 0 bridgehead atoms. The van der Waals surface area contributed by atoms with E-state index in [1.165, 1.54) is 17.7 Å². The number of hydrogen-bond acceptors (Lipinski definition) is 5. The maximum atomic E-state index is 12.2. The van der Waals surface area contributed by atoms with Crippen LogP contribution in [0.25, 0.3) is 17.2 Å². The zero-order valence-electron chi connectivity index (χ0n) is 16.0. The average Bonchev–Trinajstić information content (AvgIpc) is 3.42. The van der Waals surface area contributed by atoms with Crippen LogP contribution < -0.4 is 5.32 Å². The molecule has 4 aromatic rings. The molecule has 9 heteroatoms. The van der Waals surface area contributed by atoms with Gasteiger partial charge in [-0.1, -0.05) is 30.3 Å². The van der Waals surface area contributed by atoms with Crippen molar-refractivity contribution < 1.29 is 4.79 Å². The van der Waals surface area contributed by atoms with E-state index in [9.17, 15) is 4.79 Å². The Balaban J connectivity index is 0.00000240. The standard InChI is InChI=1S/C20H20N6OS.ClH/c1-13-8-16(14(2)26(13)20-22-12-23-25-20)17-11-28-19(24-17)9-18(27)21-10-15-6-4-3-5-7-15;/h3-8,11-12H,9-10H2,1-2H3,(H,21,27)(H,22,23,25);1H. The Hall–Kier alpha value is -2.97. The minimum atomic E-state index is -0.0307. The van der Waals surface area contributed by atoms with E-state index < -0.39 is 0 Å². The van der Waals surface area contributed by atoms with Crippen LogP contribution in [-0.4, -0.2) is 30.6 Å². The predicted octanol–water partition coefficient (Wildman–Crippen LogP) is 3.62. The van der Waals surface area contributed by atoms with Gasteiger partial charge < -0.3 is 5.32 Å². The number of aromatic nitrogens is 5. The molecule has 1 amide bonds. The summed E-state index contributed by atoms with van der Waals surface area (Å²) in [6.07, 6.45) is 1.77. The van der Waals surface area contributed by atoms with Crippen molar-refractivity contribution in [1.29, 1.82) is 0 Å². The van der Waals surface area contributed by atoms with Crippen molar-refractivity contribution in [2.45, 2.75) is 26.8 Å². The number of nitrogens with zero attached hydrogens (tertiary/aromatic N) is 4. The van der Waals surface area contributed by atoms with Crippen molar-refractivity contribution in [3.63, 3.8) is 0 Å². The molecule has 3 heterocycles. The molecule has 0 saturated heterocycles. The zero-order valence-corrected chi connectivity index (χ0v) is 17.7. The third-order valence-corrected chi connectivity index (χ3v) is 5.37. The fourth-order valence-electron chi connectivity index (χ4n) is 3.17. The topological polar surface area (TPSA) is 88.5 Å². The summed E-state index contributed by atoms with van der Waals surface area (Å²) >= 11 is 1.50. The van der Waals surface area contributed by atoms with Crippen LogP contribution in [0.5, 0.6) is 0 Å². The number of amides is 1. The number of rotatable bonds is 6. The maximum absolute atomic E-state index is 12.2. The second-order valence-electron chi connectivity index (χ2n) is 6.49. The summed E-state index contributed by atoms with van der Waals surface area (Å²) in [4.78, 5) is 21.1. The fourth-order valence-corrected chi connectivity index (χ4v) is 3.96. The minimum absolute atomic E-state index is 0. The number of carbonyl (C=O) groups is 1. The highest BCUT2D eigenvalue weighted by Gasteiger charge is 2.17. The quantitative estimate of drug-likeness (QED) is 0.491. The molecule has 0 aliphatic heterocycles. The average molecular weight is 429 g/mol. The molecule has 29 heavy (non-hydrogen) atoms. The third-order valence-electron chi connectivity index (χ3n) is 4.52. The van der Waals surface area contributed by atoms with Crippen LogP contribution in [0.4, 0.5) is 0 Å². The highest BCUT2D eigenvalue weighted by Crippen LogP contribution is 2.29. The van der Waals surface area contributed by atoms with Gasteiger partial charge >= 0.3 is 0 Å². The van der Waals surface area contributed by atoms with Crippen LogP contribution in [0.3, 0.4) is 0 Å². The van der Waals surface area contributed by atoms with Gasteiger partial charge in [0.1, 0.15) is 11.3 Å². The molecule has 0 saturated carbocycles. The maximum Gasteiger partial charge on any atom is 0.229 e. The lowest BCUT2D eigenvalue weighted by atomic mass is 10.2. The van der Waals surface area contributed by atoms with Crippen LogP contribution in [0.1, 0.15) is 22.0 Å². The number of aryl methyl sites for hydroxylation is 1. The molecule has 0 atom stereocenters. The van der Waals surface area contributed by atoms with Crippen LogP contribution in [0, 0.1) is 13.8 Å². The third kappa shape index (κ3) is 4.55. The predicted molar refractivity (Wildman–Crippen MR) is 116 cm³/mol. The van der Waals surface area contributed by atoms with Gasteiger partial charge in [-0.05, 0) is 25.5 Å². The van der Waals surface area contributed by atoms with E-state index >= 15 is 0 Å². The fraction of sp³-hybridized carbons (Fsp3) is 0.200. The lowest BCUT2D eigenvalue weighted by Crippen LogP contribution is -2.24. The van der Waals surface area contributed by atoms with E-state index in [1.807, 2.05) is 54.1 Å². The van der Waals surface area contributed by atoms with E-state index in [2.05, 4.69) is 31.5 Å². The van der Waals surface area contributed by atoms with Gasteiger partial charge in [0.2, 0.25) is 11.9 Å². The van der Waals surface area contributed by atoms with Crippen molar-refractivity contribution in [3.05, 3.63) is 70.1 Å². The summed E-state index contributed by atoms with van der Waals surface area (Å²) in [5.41, 5.74) is 5.05. The number of nitrogens with one attached hydrogen (secondary N) is 2. The van der Waals surface area contributed by atoms with Gasteiger partial charge in [0.25, 0.3) is 0 Å². The lowest BCUT2D eigenvalue weighted by molar-refractivity contribution is -0.120. The molecule has 0 aliphatic carbocycles. The molecule has 2 N–H and O–H groups in total. The number of benzene rings is 1. The Morgan fingerprint density at radius 2 is 2.03 bits per heavy atom. The van der Waals surface area contributed by atoms with E-state index in [0.29, 0.717) is 12.5 Å². The highest BCUT2D eigenvalue weighted by molar-refractivity contribution is 7.10. The number of hydrogen-bond donors (Lipinski definition) is 2. The number of halogens is 1. The smallest absolute Gasteiger partial charge is 0.229 e. The Bertz CT molecular complexity index is 1090. The van der Waals surface area contributed by atoms with Crippen molar-refractivity contribution in [2.24, 2.45) is 0 Å². The first kappa shape index (κ1) is 20.8. The van der Waals surface area contributed by atoms with Crippen LogP contribution in [0.2, 0.25) is 0 Å². The molecule has 150 valence electrons. The van der Waals surface area contributed by atoms with E-state index in [4.69, 9.17) is 0 Å². The van der Waals surface area contributed by atoms with Gasteiger partial charge in [0.15, 0.2) is 0 Å². The number of aromatic amines is 1. The summed E-state index contributed by atoms with van der Waals surface area (Å²) < 4.78 is 2.01. The number of carbonyl (C=O) groups excluding carboxylic acids is 1. The summed E-state index contributed by atoms with van der Waals surface area (Å²) in [7, 11) is 0. The SMILES string of the molecule is Cc1cc(-c2csc(CC(=O)NCc3ccccc3)n2)c(C)n1-c1ncn[nH]1.Cl. The van der Waals surface area contributed by atoms with Crippen LogP contribution in [-0.2, 0) is 17.8 Å². The van der Waals surface area contributed by atoms with Gasteiger partial charge in [0, 0.05) is 28.9 Å². The van der Waals surface area contributed by atoms with Crippen molar-refractivity contribution >= 4 is 29.7 Å². The summed E-state index contributed by atoms with van der Waals surface area (Å²) in [6, 6.07) is 11.9. The van der Waals surface area contributed by atoms with Crippen molar-refractivity contribution in [2.75, 3.05) is 0 Å². The molecule has 0 spiro atoms. The van der Waals surface area contributed by atoms with Gasteiger partial charge in [-0.2, -0.15) is 10.1 Å². The van der Waals surface area contributed by atoms with Crippen molar-refractivity contribution in [1.82, 2.24) is 30.0 Å². The summed E-state index contributed by atoms with van der Waals surface area (Å²) in [5, 5.41) is 12.5. The lowest BCUT2D eigenvalue weighted by Gasteiger charge is -2.04. The first-order chi connectivity index (χ1) is 13.6. The van der Waals surface area contributed by atoms with Crippen molar-refractivity contribution in [3.8, 4) is 17.2 Å². The minimum Gasteiger partial charge on any atom is -0.352 e. The Morgan fingerprint density at radius 1 is 1.24 bits per heavy atom. The molecule has 7 nitrogen and oxygen atoms in total. The Kier molecular flexibility index (Phi) is 6.46.